The van der Waals surface area contributed by atoms with Gasteiger partial charge in [-0.15, -0.1) is 0 Å². The van der Waals surface area contributed by atoms with E-state index in [1.54, 1.807) is 39.1 Å². The van der Waals surface area contributed by atoms with Crippen LogP contribution in [0.2, 0.25) is 0 Å². The normalized spacial score (nSPS) is 13.5. The van der Waals surface area contributed by atoms with Crippen LogP contribution in [0.5, 0.6) is 11.5 Å². The third-order valence-corrected chi connectivity index (χ3v) is 7.21. The van der Waals surface area contributed by atoms with Gasteiger partial charge >= 0.3 is 12.2 Å². The lowest BCUT2D eigenvalue weighted by molar-refractivity contribution is 0.0505. The fourth-order valence-corrected chi connectivity index (χ4v) is 5.30. The van der Waals surface area contributed by atoms with Crippen LogP contribution in [0.3, 0.4) is 0 Å². The summed E-state index contributed by atoms with van der Waals surface area (Å²) in [6.45, 7) is 6.05. The molecule has 1 aliphatic rings. The molecule has 12 heteroatoms. The maximum atomic E-state index is 13.7. The minimum absolute atomic E-state index is 0.0927. The smallest absolute Gasteiger partial charge is 0.413 e. The fourth-order valence-electron chi connectivity index (χ4n) is 4.38. The van der Waals surface area contributed by atoms with E-state index >= 15 is 0 Å². The van der Waals surface area contributed by atoms with E-state index in [1.807, 2.05) is 24.3 Å². The summed E-state index contributed by atoms with van der Waals surface area (Å²) < 4.78 is 30.4. The minimum Gasteiger partial charge on any atom is -0.486 e. The summed E-state index contributed by atoms with van der Waals surface area (Å²) in [5.41, 5.74) is 0.844. The maximum Gasteiger partial charge on any atom is 0.413 e. The Morgan fingerprint density at radius 2 is 1.85 bits per heavy atom. The van der Waals surface area contributed by atoms with Gasteiger partial charge in [0, 0.05) is 23.8 Å². The molecule has 0 aliphatic carbocycles. The lowest BCUT2D eigenvalue weighted by Gasteiger charge is -2.27. The Morgan fingerprint density at radius 1 is 1.07 bits per heavy atom. The monoisotopic (exact) mass is 580 g/mol. The molecule has 2 amide bonds. The van der Waals surface area contributed by atoms with Crippen LogP contribution in [0.15, 0.2) is 54.9 Å². The lowest BCUT2D eigenvalue weighted by atomic mass is 10.0. The Kier molecular flexibility index (Phi) is 7.93. The quantitative estimate of drug-likeness (QED) is 0.260. The highest BCUT2D eigenvalue weighted by molar-refractivity contribution is 7.19. The van der Waals surface area contributed by atoms with Crippen molar-refractivity contribution in [2.24, 2.45) is 0 Å². The van der Waals surface area contributed by atoms with Gasteiger partial charge in [0.05, 0.1) is 17.5 Å². The van der Waals surface area contributed by atoms with Crippen LogP contribution in [-0.2, 0) is 11.2 Å². The Balaban J connectivity index is 1.40. The van der Waals surface area contributed by atoms with E-state index < -0.39 is 29.8 Å². The lowest BCUT2D eigenvalue weighted by Crippen LogP contribution is -2.48. The van der Waals surface area contributed by atoms with Gasteiger partial charge in [0.15, 0.2) is 16.6 Å². The Morgan fingerprint density at radius 3 is 2.61 bits per heavy atom. The van der Waals surface area contributed by atoms with Crippen LogP contribution < -0.4 is 19.7 Å². The zero-order chi connectivity index (χ0) is 29.1. The number of rotatable bonds is 7. The number of alkyl carbamates (subject to hydrolysis) is 1. The number of thiazole rings is 1. The molecule has 1 aliphatic heterocycles. The van der Waals surface area contributed by atoms with Crippen molar-refractivity contribution >= 4 is 39.4 Å². The molecule has 5 rings (SSSR count). The highest BCUT2D eigenvalue weighted by Gasteiger charge is 2.27. The number of carbonyl (C=O) groups is 2. The second-order valence-electron chi connectivity index (χ2n) is 10.5. The van der Waals surface area contributed by atoms with Crippen molar-refractivity contribution in [2.45, 2.75) is 38.8 Å². The van der Waals surface area contributed by atoms with Gasteiger partial charge in [-0.05, 0) is 61.9 Å². The van der Waals surface area contributed by atoms with Crippen molar-refractivity contribution in [1.82, 2.24) is 15.3 Å². The molecule has 214 valence electrons. The van der Waals surface area contributed by atoms with Crippen LogP contribution in [0.1, 0.15) is 26.3 Å². The molecule has 2 N–H and O–H groups in total. The van der Waals surface area contributed by atoms with Crippen molar-refractivity contribution in [3.05, 3.63) is 66.4 Å². The van der Waals surface area contributed by atoms with Crippen molar-refractivity contribution in [2.75, 3.05) is 24.7 Å². The molecule has 0 saturated heterocycles. The number of amides is 2. The number of carboxylic acid groups (broad SMARTS) is 1. The van der Waals surface area contributed by atoms with E-state index in [9.17, 15) is 19.1 Å². The second kappa shape index (κ2) is 11.6. The highest BCUT2D eigenvalue weighted by Crippen LogP contribution is 2.34. The van der Waals surface area contributed by atoms with Gasteiger partial charge in [0.25, 0.3) is 0 Å². The summed E-state index contributed by atoms with van der Waals surface area (Å²) in [4.78, 5) is 35.0. The zero-order valence-electron chi connectivity index (χ0n) is 22.7. The Labute approximate surface area is 239 Å². The van der Waals surface area contributed by atoms with E-state index in [0.29, 0.717) is 41.4 Å². The minimum atomic E-state index is -1.23. The van der Waals surface area contributed by atoms with Crippen molar-refractivity contribution in [3.63, 3.8) is 0 Å². The van der Waals surface area contributed by atoms with Gasteiger partial charge in [-0.3, -0.25) is 4.90 Å². The molecule has 4 aromatic rings. The van der Waals surface area contributed by atoms with E-state index in [4.69, 9.17) is 14.2 Å². The summed E-state index contributed by atoms with van der Waals surface area (Å²) in [5, 5.41) is 14.6. The molecular weight excluding hydrogens is 551 g/mol. The number of nitrogens with zero attached hydrogens (tertiary/aromatic N) is 3. The highest BCUT2D eigenvalue weighted by atomic mass is 32.1. The van der Waals surface area contributed by atoms with Crippen molar-refractivity contribution in [3.8, 4) is 21.9 Å². The third-order valence-electron chi connectivity index (χ3n) is 6.14. The first kappa shape index (κ1) is 28.1. The number of nitrogens with one attached hydrogen (secondary N) is 1. The molecule has 0 fully saturated rings. The third kappa shape index (κ3) is 7.01. The summed E-state index contributed by atoms with van der Waals surface area (Å²) >= 11 is 1.18. The van der Waals surface area contributed by atoms with Gasteiger partial charge in [0.1, 0.15) is 18.8 Å². The zero-order valence-corrected chi connectivity index (χ0v) is 23.5. The molecule has 1 atom stereocenters. The van der Waals surface area contributed by atoms with Crippen LogP contribution in [0.25, 0.3) is 21.2 Å². The molecule has 2 aromatic carbocycles. The molecule has 0 unspecified atom stereocenters. The number of aromatic nitrogens is 2. The van der Waals surface area contributed by atoms with E-state index in [1.165, 1.54) is 23.6 Å². The largest absolute Gasteiger partial charge is 0.486 e. The number of anilines is 1. The SMILES string of the molecule is CC(C)(C)OC(=O)N[C@H](Cc1ccc2c(c1)OCCO2)CN(C(=O)O)c1ncc(-c2ccc3cnc(F)cc3c2)s1. The van der Waals surface area contributed by atoms with Gasteiger partial charge in [-0.25, -0.2) is 19.6 Å². The van der Waals surface area contributed by atoms with Crippen molar-refractivity contribution in [1.29, 1.82) is 0 Å². The first-order chi connectivity index (χ1) is 19.5. The van der Waals surface area contributed by atoms with Gasteiger partial charge in [-0.2, -0.15) is 4.39 Å². The summed E-state index contributed by atoms with van der Waals surface area (Å²) in [6, 6.07) is 11.6. The molecule has 3 heterocycles. The molecule has 0 spiro atoms. The van der Waals surface area contributed by atoms with Crippen LogP contribution in [0.4, 0.5) is 19.1 Å². The van der Waals surface area contributed by atoms with Crippen LogP contribution >= 0.6 is 11.3 Å². The van der Waals surface area contributed by atoms with Crippen LogP contribution in [0, 0.1) is 5.95 Å². The van der Waals surface area contributed by atoms with Gasteiger partial charge in [-0.1, -0.05) is 29.5 Å². The van der Waals surface area contributed by atoms with E-state index in [0.717, 1.165) is 21.4 Å². The first-order valence-electron chi connectivity index (χ1n) is 12.9. The number of benzene rings is 2. The predicted octanol–water partition coefficient (Wildman–Crippen LogP) is 5.89. The number of pyridine rings is 1. The molecule has 0 radical (unpaired) electrons. The molecule has 2 aromatic heterocycles. The fraction of sp³-hybridized carbons (Fsp3) is 0.310. The molecular formula is C29H29FN4O6S. The number of hydrogen-bond donors (Lipinski definition) is 2. The van der Waals surface area contributed by atoms with Gasteiger partial charge in [0.2, 0.25) is 5.95 Å². The summed E-state index contributed by atoms with van der Waals surface area (Å²) in [7, 11) is 0. The molecule has 41 heavy (non-hydrogen) atoms. The summed E-state index contributed by atoms with van der Waals surface area (Å²) in [5.74, 6) is 0.639. The van der Waals surface area contributed by atoms with Crippen molar-refractivity contribution < 1.29 is 33.3 Å². The number of halogens is 1. The number of carbonyl (C=O) groups excluding carboxylic acids is 1. The molecule has 0 saturated carbocycles. The first-order valence-corrected chi connectivity index (χ1v) is 13.8. The number of ether oxygens (including phenoxy) is 3. The second-order valence-corrected chi connectivity index (χ2v) is 11.5. The van der Waals surface area contributed by atoms with Gasteiger partial charge < -0.3 is 24.6 Å². The average molecular weight is 581 g/mol. The molecule has 0 bridgehead atoms. The van der Waals surface area contributed by atoms with E-state index in [2.05, 4.69) is 15.3 Å². The molecule has 10 nitrogen and oxygen atoms in total. The Hall–Kier alpha value is -4.45. The number of hydrogen-bond acceptors (Lipinski definition) is 8. The van der Waals surface area contributed by atoms with Crippen LogP contribution in [-0.4, -0.2) is 58.7 Å². The predicted molar refractivity (Wildman–Crippen MR) is 152 cm³/mol. The average Bonchev–Trinajstić information content (AvgIpc) is 3.40. The Bertz CT molecular complexity index is 1590. The standard InChI is InChI=1S/C29H29FN4O6S/c1-29(2,3)40-27(35)33-21(10-17-4-7-22-23(11-17)39-9-8-38-22)16-34(28(36)37)26-32-15-24(41-26)18-5-6-19-14-31-25(30)13-20(19)12-18/h4-7,11-15,21H,8-10,16H2,1-3H3,(H,33,35)(H,36,37)/t21-/m1/s1. The summed E-state index contributed by atoms with van der Waals surface area (Å²) in [6.07, 6.45) is 1.44. The topological polar surface area (TPSA) is 123 Å². The number of fused-ring (bicyclic) bond motifs is 2. The maximum absolute atomic E-state index is 13.7. The van der Waals surface area contributed by atoms with E-state index in [-0.39, 0.29) is 11.7 Å².